The smallest absolute Gasteiger partial charge is 0.326 e. The van der Waals surface area contributed by atoms with Crippen LogP contribution >= 0.6 is 0 Å². The van der Waals surface area contributed by atoms with Gasteiger partial charge in [-0.2, -0.15) is 0 Å². The Morgan fingerprint density at radius 2 is 1.42 bits per heavy atom. The number of nitrogens with two attached hydrogens (primary N) is 1. The van der Waals surface area contributed by atoms with E-state index in [0.29, 0.717) is 6.42 Å². The van der Waals surface area contributed by atoms with Crippen LogP contribution in [0.1, 0.15) is 52.5 Å². The van der Waals surface area contributed by atoms with E-state index in [4.69, 9.17) is 10.8 Å². The molecule has 0 spiro atoms. The molecular weight excluding hydrogens is 468 g/mol. The first-order valence-corrected chi connectivity index (χ1v) is 12.0. The van der Waals surface area contributed by atoms with Crippen LogP contribution in [0.15, 0.2) is 30.3 Å². The van der Waals surface area contributed by atoms with Gasteiger partial charge < -0.3 is 31.9 Å². The van der Waals surface area contributed by atoms with Crippen molar-refractivity contribution in [2.24, 2.45) is 17.6 Å². The number of carboxylic acid groups (broad SMARTS) is 2. The predicted octanol–water partition coefficient (Wildman–Crippen LogP) is 0.662. The lowest BCUT2D eigenvalue weighted by Gasteiger charge is -2.27. The minimum Gasteiger partial charge on any atom is -0.481 e. The van der Waals surface area contributed by atoms with Gasteiger partial charge in [0.25, 0.3) is 0 Å². The molecule has 0 radical (unpaired) electrons. The van der Waals surface area contributed by atoms with Crippen molar-refractivity contribution in [3.8, 4) is 0 Å². The van der Waals surface area contributed by atoms with Gasteiger partial charge in [0, 0.05) is 6.42 Å². The summed E-state index contributed by atoms with van der Waals surface area (Å²) in [6.45, 7) is 7.22. The van der Waals surface area contributed by atoms with E-state index in [9.17, 15) is 29.1 Å². The third-order valence-electron chi connectivity index (χ3n) is 5.76. The zero-order chi connectivity index (χ0) is 27.4. The Labute approximate surface area is 211 Å². The van der Waals surface area contributed by atoms with Gasteiger partial charge in [0.2, 0.25) is 17.7 Å². The third kappa shape index (κ3) is 10.4. The maximum Gasteiger partial charge on any atom is 0.326 e. The third-order valence-corrected chi connectivity index (χ3v) is 5.76. The molecule has 0 saturated carbocycles. The first-order valence-electron chi connectivity index (χ1n) is 12.0. The molecule has 0 bridgehead atoms. The Balaban J connectivity index is 3.13. The van der Waals surface area contributed by atoms with Crippen LogP contribution in [0, 0.1) is 11.8 Å². The summed E-state index contributed by atoms with van der Waals surface area (Å²) in [5.74, 6) is -4.91. The van der Waals surface area contributed by atoms with E-state index in [1.54, 1.807) is 37.3 Å². The normalized spacial score (nSPS) is 15.2. The summed E-state index contributed by atoms with van der Waals surface area (Å²) in [5.41, 5.74) is 6.38. The lowest BCUT2D eigenvalue weighted by molar-refractivity contribution is -0.144. The molecule has 0 aliphatic heterocycles. The fourth-order valence-corrected chi connectivity index (χ4v) is 3.53. The van der Waals surface area contributed by atoms with Crippen LogP contribution in [0.5, 0.6) is 0 Å². The van der Waals surface area contributed by atoms with Crippen LogP contribution in [-0.4, -0.2) is 64.0 Å². The first kappa shape index (κ1) is 30.6. The molecule has 5 unspecified atom stereocenters. The standard InChI is InChI=1S/C25H38N4O7/c1-5-15(4)21(25(35)36)29-24(34)18(11-14(2)3)28-23(33)19(12-16-9-7-6-8-10-16)27-22(32)17(26)13-20(30)31/h6-10,14-15,17-19,21H,5,11-13,26H2,1-4H3,(H,27,32)(H,28,33)(H,29,34)(H,30,31)(H,35,36). The van der Waals surface area contributed by atoms with Crippen molar-refractivity contribution in [3.63, 3.8) is 0 Å². The summed E-state index contributed by atoms with van der Waals surface area (Å²) >= 11 is 0. The molecule has 11 heteroatoms. The number of hydrogen-bond donors (Lipinski definition) is 6. The second-order valence-electron chi connectivity index (χ2n) is 9.36. The fourth-order valence-electron chi connectivity index (χ4n) is 3.53. The number of aliphatic carboxylic acids is 2. The van der Waals surface area contributed by atoms with Crippen LogP contribution < -0.4 is 21.7 Å². The Morgan fingerprint density at radius 3 is 1.92 bits per heavy atom. The topological polar surface area (TPSA) is 188 Å². The van der Waals surface area contributed by atoms with Crippen molar-refractivity contribution in [3.05, 3.63) is 35.9 Å². The van der Waals surface area contributed by atoms with Crippen LogP contribution in [-0.2, 0) is 30.4 Å². The van der Waals surface area contributed by atoms with Crippen molar-refractivity contribution in [2.75, 3.05) is 0 Å². The molecule has 5 atom stereocenters. The SMILES string of the molecule is CCC(C)C(NC(=O)C(CC(C)C)NC(=O)C(Cc1ccccc1)NC(=O)C(N)CC(=O)O)C(=O)O. The van der Waals surface area contributed by atoms with Crippen molar-refractivity contribution >= 4 is 29.7 Å². The second-order valence-corrected chi connectivity index (χ2v) is 9.36. The van der Waals surface area contributed by atoms with E-state index in [1.165, 1.54) is 0 Å². The van der Waals surface area contributed by atoms with Crippen molar-refractivity contribution in [1.29, 1.82) is 0 Å². The lowest BCUT2D eigenvalue weighted by Crippen LogP contribution is -2.58. The molecule has 36 heavy (non-hydrogen) atoms. The molecule has 0 saturated heterocycles. The van der Waals surface area contributed by atoms with E-state index in [1.807, 2.05) is 20.8 Å². The second kappa shape index (κ2) is 14.8. The largest absolute Gasteiger partial charge is 0.481 e. The van der Waals surface area contributed by atoms with Gasteiger partial charge in [-0.25, -0.2) is 4.79 Å². The number of carbonyl (C=O) groups is 5. The molecule has 7 N–H and O–H groups in total. The molecule has 1 aromatic rings. The zero-order valence-corrected chi connectivity index (χ0v) is 21.2. The quantitative estimate of drug-likeness (QED) is 0.200. The molecule has 0 aliphatic carbocycles. The summed E-state index contributed by atoms with van der Waals surface area (Å²) in [6.07, 6.45) is 0.212. The van der Waals surface area contributed by atoms with Gasteiger partial charge in [-0.15, -0.1) is 0 Å². The average molecular weight is 507 g/mol. The molecule has 0 fully saturated rings. The Morgan fingerprint density at radius 1 is 0.861 bits per heavy atom. The molecule has 11 nitrogen and oxygen atoms in total. The molecular formula is C25H38N4O7. The summed E-state index contributed by atoms with van der Waals surface area (Å²) in [7, 11) is 0. The van der Waals surface area contributed by atoms with Crippen molar-refractivity contribution < 1.29 is 34.2 Å². The van der Waals surface area contributed by atoms with Crippen LogP contribution in [0.4, 0.5) is 0 Å². The highest BCUT2D eigenvalue weighted by Crippen LogP contribution is 2.12. The van der Waals surface area contributed by atoms with Gasteiger partial charge in [-0.1, -0.05) is 64.4 Å². The molecule has 0 heterocycles. The number of carboxylic acids is 2. The molecule has 200 valence electrons. The first-order chi connectivity index (χ1) is 16.8. The highest BCUT2D eigenvalue weighted by molar-refractivity contribution is 5.94. The predicted molar refractivity (Wildman–Crippen MR) is 133 cm³/mol. The number of nitrogens with one attached hydrogen (secondary N) is 3. The summed E-state index contributed by atoms with van der Waals surface area (Å²) in [6, 6.07) is 4.14. The molecule has 0 aliphatic rings. The molecule has 1 rings (SSSR count). The monoisotopic (exact) mass is 506 g/mol. The number of carbonyl (C=O) groups excluding carboxylic acids is 3. The van der Waals surface area contributed by atoms with Crippen molar-refractivity contribution in [2.45, 2.75) is 77.5 Å². The van der Waals surface area contributed by atoms with Gasteiger partial charge in [-0.3, -0.25) is 19.2 Å². The zero-order valence-electron chi connectivity index (χ0n) is 21.2. The highest BCUT2D eigenvalue weighted by Gasteiger charge is 2.32. The van der Waals surface area contributed by atoms with Crippen molar-refractivity contribution in [1.82, 2.24) is 16.0 Å². The minimum absolute atomic E-state index is 0.0147. The number of amides is 3. The fraction of sp³-hybridized carbons (Fsp3) is 0.560. The number of rotatable bonds is 15. The molecule has 1 aromatic carbocycles. The Bertz CT molecular complexity index is 907. The summed E-state index contributed by atoms with van der Waals surface area (Å²) in [5, 5.41) is 26.1. The lowest BCUT2D eigenvalue weighted by atomic mass is 9.97. The van der Waals surface area contributed by atoms with Gasteiger partial charge >= 0.3 is 11.9 Å². The highest BCUT2D eigenvalue weighted by atomic mass is 16.4. The summed E-state index contributed by atoms with van der Waals surface area (Å²) in [4.78, 5) is 61.4. The van der Waals surface area contributed by atoms with Gasteiger partial charge in [0.05, 0.1) is 12.5 Å². The maximum absolute atomic E-state index is 13.3. The van der Waals surface area contributed by atoms with E-state index >= 15 is 0 Å². The minimum atomic E-state index is -1.37. The summed E-state index contributed by atoms with van der Waals surface area (Å²) < 4.78 is 0. The maximum atomic E-state index is 13.3. The molecule has 3 amide bonds. The Hall–Kier alpha value is -3.47. The number of benzene rings is 1. The number of hydrogen-bond acceptors (Lipinski definition) is 6. The van der Waals surface area contributed by atoms with Crippen LogP contribution in [0.2, 0.25) is 0 Å². The van der Waals surface area contributed by atoms with Gasteiger partial charge in [0.1, 0.15) is 18.1 Å². The van der Waals surface area contributed by atoms with Crippen LogP contribution in [0.3, 0.4) is 0 Å². The van der Waals surface area contributed by atoms with E-state index in [0.717, 1.165) is 5.56 Å². The molecule has 0 aromatic heterocycles. The van der Waals surface area contributed by atoms with Gasteiger partial charge in [-0.05, 0) is 23.8 Å². The Kier molecular flexibility index (Phi) is 12.6. The van der Waals surface area contributed by atoms with E-state index in [-0.39, 0.29) is 24.7 Å². The van der Waals surface area contributed by atoms with E-state index < -0.39 is 60.2 Å². The van der Waals surface area contributed by atoms with Gasteiger partial charge in [0.15, 0.2) is 0 Å². The van der Waals surface area contributed by atoms with E-state index in [2.05, 4.69) is 16.0 Å². The van der Waals surface area contributed by atoms with Crippen LogP contribution in [0.25, 0.3) is 0 Å². The average Bonchev–Trinajstić information content (AvgIpc) is 2.80.